The zero-order valence-corrected chi connectivity index (χ0v) is 35.8. The van der Waals surface area contributed by atoms with Gasteiger partial charge in [0.1, 0.15) is 6.61 Å². The van der Waals surface area contributed by atoms with Crippen LogP contribution in [0.3, 0.4) is 0 Å². The zero-order chi connectivity index (χ0) is 39.5. The number of hydrogen-bond donors (Lipinski definition) is 2. The molecule has 0 aromatic carbocycles. The van der Waals surface area contributed by atoms with E-state index in [4.69, 9.17) is 24.3 Å². The van der Waals surface area contributed by atoms with Crippen LogP contribution >= 0.6 is 7.82 Å². The first-order chi connectivity index (χ1) is 26.4. The highest BCUT2D eigenvalue weighted by atomic mass is 31.2. The number of allylic oxidation sites excluding steroid dienone is 7. The SMILES string of the molecule is CCCCCCCCCCCC=CCC=CCC=CCCC(=O)OC(COC=CCCCCCCCCCCCCCCCC)COP(=O)(O)OCCN. The maximum atomic E-state index is 12.5. The standard InChI is InChI=1S/C45H84NO7P/c1-3-5-7-9-11-13-15-17-19-21-22-23-24-26-28-30-32-34-36-38-45(47)53-44(43-52-54(48,49)51-41-39-46)42-50-40-37-35-33-31-29-27-25-20-18-16-14-12-10-8-6-4-2/h22-23,26,28,32,34,37,40,44H,3-21,24-25,27,29-31,33,35-36,38-39,41-43,46H2,1-2H3,(H,48,49). The van der Waals surface area contributed by atoms with Crippen molar-refractivity contribution in [1.82, 2.24) is 0 Å². The van der Waals surface area contributed by atoms with Crippen molar-refractivity contribution >= 4 is 13.8 Å². The van der Waals surface area contributed by atoms with Crippen molar-refractivity contribution < 1.29 is 32.8 Å². The van der Waals surface area contributed by atoms with Crippen molar-refractivity contribution in [2.24, 2.45) is 5.73 Å². The summed E-state index contributed by atoms with van der Waals surface area (Å²) in [4.78, 5) is 22.4. The first-order valence-electron chi connectivity index (χ1n) is 22.2. The lowest BCUT2D eigenvalue weighted by Gasteiger charge is -2.19. The molecule has 54 heavy (non-hydrogen) atoms. The summed E-state index contributed by atoms with van der Waals surface area (Å²) < 4.78 is 33.1. The number of carbonyl (C=O) groups excluding carboxylic acids is 1. The number of unbranched alkanes of at least 4 members (excludes halogenated alkanes) is 23. The second kappa shape index (κ2) is 42.4. The molecule has 0 aromatic rings. The van der Waals surface area contributed by atoms with Crippen LogP contribution in [0.5, 0.6) is 0 Å². The quantitative estimate of drug-likeness (QED) is 0.0207. The van der Waals surface area contributed by atoms with Crippen LogP contribution in [0.15, 0.2) is 48.8 Å². The van der Waals surface area contributed by atoms with Gasteiger partial charge in [0.05, 0.1) is 19.5 Å². The van der Waals surface area contributed by atoms with E-state index in [9.17, 15) is 14.3 Å². The zero-order valence-electron chi connectivity index (χ0n) is 35.0. The predicted molar refractivity (Wildman–Crippen MR) is 228 cm³/mol. The van der Waals surface area contributed by atoms with Crippen LogP contribution in [0.4, 0.5) is 0 Å². The van der Waals surface area contributed by atoms with Crippen molar-refractivity contribution in [2.45, 2.75) is 206 Å². The lowest BCUT2D eigenvalue weighted by atomic mass is 10.0. The molecule has 0 aliphatic rings. The van der Waals surface area contributed by atoms with Gasteiger partial charge in [-0.15, -0.1) is 0 Å². The van der Waals surface area contributed by atoms with Crippen molar-refractivity contribution in [3.05, 3.63) is 48.8 Å². The highest BCUT2D eigenvalue weighted by molar-refractivity contribution is 7.47. The Kier molecular flexibility index (Phi) is 41.1. The summed E-state index contributed by atoms with van der Waals surface area (Å²) in [5.74, 6) is -0.424. The molecule has 2 atom stereocenters. The Morgan fingerprint density at radius 1 is 0.574 bits per heavy atom. The fraction of sp³-hybridized carbons (Fsp3) is 0.800. The van der Waals surface area contributed by atoms with Gasteiger partial charge in [-0.2, -0.15) is 0 Å². The van der Waals surface area contributed by atoms with Crippen molar-refractivity contribution in [3.8, 4) is 0 Å². The number of phosphoric ester groups is 1. The van der Waals surface area contributed by atoms with E-state index in [1.54, 1.807) is 6.26 Å². The monoisotopic (exact) mass is 782 g/mol. The summed E-state index contributed by atoms with van der Waals surface area (Å²) in [6, 6.07) is 0. The summed E-state index contributed by atoms with van der Waals surface area (Å²) in [6.07, 6.45) is 51.0. The third-order valence-corrected chi connectivity index (χ3v) is 10.3. The van der Waals surface area contributed by atoms with Gasteiger partial charge in [-0.1, -0.05) is 185 Å². The molecule has 8 nitrogen and oxygen atoms in total. The second-order valence-electron chi connectivity index (χ2n) is 14.6. The highest BCUT2D eigenvalue weighted by Crippen LogP contribution is 2.43. The van der Waals surface area contributed by atoms with Crippen LogP contribution < -0.4 is 5.73 Å². The topological polar surface area (TPSA) is 117 Å². The highest BCUT2D eigenvalue weighted by Gasteiger charge is 2.25. The Bertz CT molecular complexity index is 968. The molecule has 0 amide bonds. The summed E-state index contributed by atoms with van der Waals surface area (Å²) >= 11 is 0. The van der Waals surface area contributed by atoms with Gasteiger partial charge < -0.3 is 20.1 Å². The van der Waals surface area contributed by atoms with Gasteiger partial charge in [0.15, 0.2) is 6.10 Å². The second-order valence-corrected chi connectivity index (χ2v) is 16.1. The molecule has 0 fully saturated rings. The molecule has 0 heterocycles. The average Bonchev–Trinajstić information content (AvgIpc) is 3.16. The molecule has 0 bridgehead atoms. The largest absolute Gasteiger partial charge is 0.498 e. The van der Waals surface area contributed by atoms with E-state index in [0.717, 1.165) is 32.1 Å². The minimum Gasteiger partial charge on any atom is -0.498 e. The molecule has 316 valence electrons. The Morgan fingerprint density at radius 3 is 1.48 bits per heavy atom. The first kappa shape index (κ1) is 52.3. The number of nitrogens with two attached hydrogens (primary N) is 1. The number of rotatable bonds is 42. The number of phosphoric acid groups is 1. The molecule has 0 aliphatic carbocycles. The third kappa shape index (κ3) is 41.5. The van der Waals surface area contributed by atoms with E-state index in [1.165, 1.54) is 141 Å². The molecule has 2 unspecified atom stereocenters. The van der Waals surface area contributed by atoms with Gasteiger partial charge in [0.25, 0.3) is 0 Å². The normalized spacial score (nSPS) is 13.9. The molecular formula is C45H84NO7P. The Hall–Kier alpha value is -1.70. The van der Waals surface area contributed by atoms with E-state index >= 15 is 0 Å². The number of esters is 1. The first-order valence-corrected chi connectivity index (χ1v) is 23.7. The van der Waals surface area contributed by atoms with Crippen molar-refractivity contribution in [1.29, 1.82) is 0 Å². The van der Waals surface area contributed by atoms with Crippen LogP contribution in [-0.2, 0) is 27.9 Å². The lowest BCUT2D eigenvalue weighted by Crippen LogP contribution is -2.27. The van der Waals surface area contributed by atoms with Gasteiger partial charge in [-0.25, -0.2) is 4.57 Å². The smallest absolute Gasteiger partial charge is 0.472 e. The molecule has 0 radical (unpaired) electrons. The summed E-state index contributed by atoms with van der Waals surface area (Å²) in [5, 5.41) is 0. The molecule has 9 heteroatoms. The number of carbonyl (C=O) groups is 1. The lowest BCUT2D eigenvalue weighted by molar-refractivity contribution is -0.153. The maximum absolute atomic E-state index is 12.5. The number of ether oxygens (including phenoxy) is 2. The van der Waals surface area contributed by atoms with Gasteiger partial charge in [-0.05, 0) is 51.0 Å². The average molecular weight is 782 g/mol. The van der Waals surface area contributed by atoms with Gasteiger partial charge in [0, 0.05) is 13.0 Å². The van der Waals surface area contributed by atoms with Crippen molar-refractivity contribution in [2.75, 3.05) is 26.4 Å². The van der Waals surface area contributed by atoms with E-state index in [1.807, 2.05) is 18.2 Å². The number of hydrogen-bond acceptors (Lipinski definition) is 7. The fourth-order valence-electron chi connectivity index (χ4n) is 6.05. The summed E-state index contributed by atoms with van der Waals surface area (Å²) in [6.45, 7) is 4.18. The molecule has 0 aromatic heterocycles. The van der Waals surface area contributed by atoms with Crippen LogP contribution in [0, 0.1) is 0 Å². The Labute approximate surface area is 332 Å². The van der Waals surface area contributed by atoms with Gasteiger partial charge in [-0.3, -0.25) is 13.8 Å². The molecular weight excluding hydrogens is 697 g/mol. The summed E-state index contributed by atoms with van der Waals surface area (Å²) in [7, 11) is -4.31. The molecule has 0 saturated carbocycles. The molecule has 0 saturated heterocycles. The van der Waals surface area contributed by atoms with Crippen LogP contribution in [0.1, 0.15) is 200 Å². The molecule has 3 N–H and O–H groups in total. The fourth-order valence-corrected chi connectivity index (χ4v) is 6.82. The maximum Gasteiger partial charge on any atom is 0.472 e. The van der Waals surface area contributed by atoms with E-state index in [2.05, 4.69) is 38.2 Å². The third-order valence-electron chi connectivity index (χ3n) is 9.33. The summed E-state index contributed by atoms with van der Waals surface area (Å²) in [5.41, 5.74) is 5.36. The minimum absolute atomic E-state index is 0.00609. The van der Waals surface area contributed by atoms with E-state index < -0.39 is 19.9 Å². The molecule has 0 rings (SSSR count). The van der Waals surface area contributed by atoms with E-state index in [-0.39, 0.29) is 32.8 Å². The Morgan fingerprint density at radius 2 is 1.00 bits per heavy atom. The van der Waals surface area contributed by atoms with Crippen molar-refractivity contribution in [3.63, 3.8) is 0 Å². The van der Waals surface area contributed by atoms with Gasteiger partial charge in [0.2, 0.25) is 0 Å². The predicted octanol–water partition coefficient (Wildman–Crippen LogP) is 13.5. The molecule has 0 aliphatic heterocycles. The van der Waals surface area contributed by atoms with Crippen LogP contribution in [-0.4, -0.2) is 43.3 Å². The van der Waals surface area contributed by atoms with Crippen LogP contribution in [0.2, 0.25) is 0 Å². The van der Waals surface area contributed by atoms with Crippen LogP contribution in [0.25, 0.3) is 0 Å². The van der Waals surface area contributed by atoms with E-state index in [0.29, 0.717) is 6.42 Å². The van der Waals surface area contributed by atoms with Gasteiger partial charge >= 0.3 is 13.8 Å². The Balaban J connectivity index is 4.17. The minimum atomic E-state index is -4.31. The molecule has 0 spiro atoms.